The van der Waals surface area contributed by atoms with E-state index in [9.17, 15) is 28.2 Å². The fraction of sp³-hybridized carbons (Fsp3) is 0.304. The number of hydrogen-bond donors (Lipinski definition) is 5. The van der Waals surface area contributed by atoms with E-state index in [2.05, 4.69) is 26.0 Å². The van der Waals surface area contributed by atoms with Crippen LogP contribution < -0.4 is 20.9 Å². The third-order valence-electron chi connectivity index (χ3n) is 6.22. The normalized spacial score (nSPS) is 19.4. The van der Waals surface area contributed by atoms with Gasteiger partial charge in [-0.1, -0.05) is 0 Å². The quantitative estimate of drug-likeness (QED) is 0.360. The minimum atomic E-state index is -4.78. The highest BCUT2D eigenvalue weighted by Crippen LogP contribution is 2.36. The van der Waals surface area contributed by atoms with Crippen LogP contribution in [0.3, 0.4) is 0 Å². The maximum Gasteiger partial charge on any atom is 0.573 e. The maximum atomic E-state index is 13.3. The molecule has 3 aromatic rings. The lowest BCUT2D eigenvalue weighted by Gasteiger charge is -2.21. The van der Waals surface area contributed by atoms with Crippen molar-refractivity contribution in [1.82, 2.24) is 25.5 Å². The second-order valence-electron chi connectivity index (χ2n) is 8.73. The van der Waals surface area contributed by atoms with Gasteiger partial charge in [-0.05, 0) is 24.3 Å². The number of hydrazine groups is 1. The summed E-state index contributed by atoms with van der Waals surface area (Å²) in [4.78, 5) is 15.0. The number of hydrogen-bond acceptors (Lipinski definition) is 8. The van der Waals surface area contributed by atoms with E-state index in [1.54, 1.807) is 18.0 Å². The van der Waals surface area contributed by atoms with Crippen LogP contribution in [0.2, 0.25) is 0 Å². The second-order valence-corrected chi connectivity index (χ2v) is 8.73. The van der Waals surface area contributed by atoms with Crippen molar-refractivity contribution in [3.05, 3.63) is 48.0 Å². The Bertz CT molecular complexity index is 1280. The average molecular weight is 504 g/mol. The molecule has 190 valence electrons. The number of anilines is 2. The van der Waals surface area contributed by atoms with Crippen LogP contribution >= 0.6 is 0 Å². The van der Waals surface area contributed by atoms with E-state index in [0.29, 0.717) is 30.2 Å². The number of aromatic nitrogens is 2. The van der Waals surface area contributed by atoms with Crippen LogP contribution in [-0.2, 0) is 7.05 Å². The van der Waals surface area contributed by atoms with E-state index in [4.69, 9.17) is 0 Å². The van der Waals surface area contributed by atoms with Crippen molar-refractivity contribution in [2.24, 2.45) is 13.0 Å². The monoisotopic (exact) mass is 504 g/mol. The molecule has 0 spiro atoms. The summed E-state index contributed by atoms with van der Waals surface area (Å²) in [7, 11) is 1.64. The van der Waals surface area contributed by atoms with Crippen molar-refractivity contribution in [2.75, 3.05) is 25.0 Å². The molecule has 1 aromatic heterocycles. The number of ether oxygens (including phenoxy) is 1. The molecule has 13 heteroatoms. The number of rotatable bonds is 5. The highest BCUT2D eigenvalue weighted by molar-refractivity contribution is 6.03. The van der Waals surface area contributed by atoms with Crippen molar-refractivity contribution < 1.29 is 32.9 Å². The molecule has 2 aromatic carbocycles. The fourth-order valence-corrected chi connectivity index (χ4v) is 4.51. The number of aryl methyl sites for hydroxylation is 1. The fourth-order valence-electron chi connectivity index (χ4n) is 4.51. The van der Waals surface area contributed by atoms with Gasteiger partial charge in [-0.25, -0.2) is 0 Å². The Morgan fingerprint density at radius 2 is 1.92 bits per heavy atom. The Balaban J connectivity index is 1.40. The van der Waals surface area contributed by atoms with Crippen molar-refractivity contribution >= 4 is 17.4 Å². The van der Waals surface area contributed by atoms with E-state index in [1.807, 2.05) is 0 Å². The predicted octanol–water partition coefficient (Wildman–Crippen LogP) is 2.69. The molecular formula is C23H23F3N6O4. The average Bonchev–Trinajstić information content (AvgIpc) is 3.48. The van der Waals surface area contributed by atoms with Gasteiger partial charge in [0.25, 0.3) is 5.91 Å². The number of alkyl halides is 3. The number of carbonyl (C=O) groups excluding carboxylic acids is 1. The summed E-state index contributed by atoms with van der Waals surface area (Å²) in [5, 5.41) is 28.0. The molecule has 0 saturated carbocycles. The van der Waals surface area contributed by atoms with Crippen LogP contribution in [0, 0.1) is 5.92 Å². The number of halogens is 3. The van der Waals surface area contributed by atoms with E-state index in [0.717, 1.165) is 12.6 Å². The zero-order valence-electron chi connectivity index (χ0n) is 19.0. The summed E-state index contributed by atoms with van der Waals surface area (Å²) in [6.07, 6.45) is -4.78. The van der Waals surface area contributed by atoms with Gasteiger partial charge in [0.05, 0.1) is 11.4 Å². The summed E-state index contributed by atoms with van der Waals surface area (Å²) in [6.45, 7) is 1.73. The number of likely N-dealkylation sites (tertiary alicyclic amines) is 1. The molecule has 0 aliphatic carbocycles. The van der Waals surface area contributed by atoms with Crippen LogP contribution in [0.5, 0.6) is 17.2 Å². The first-order valence-electron chi connectivity index (χ1n) is 11.1. The van der Waals surface area contributed by atoms with E-state index < -0.39 is 6.36 Å². The lowest BCUT2D eigenvalue weighted by Crippen LogP contribution is -2.38. The first-order chi connectivity index (χ1) is 17.1. The van der Waals surface area contributed by atoms with Crippen LogP contribution in [0.25, 0.3) is 11.3 Å². The molecule has 2 atom stereocenters. The molecule has 36 heavy (non-hydrogen) atoms. The minimum Gasteiger partial charge on any atom is -0.508 e. The van der Waals surface area contributed by atoms with Gasteiger partial charge in [-0.15, -0.1) is 13.2 Å². The van der Waals surface area contributed by atoms with E-state index in [-0.39, 0.29) is 46.4 Å². The molecule has 2 unspecified atom stereocenters. The first kappa shape index (κ1) is 23.8. The SMILES string of the molecule is Cn1nc(-c2ccc(OC(F)(F)F)cc2)cc1Nc1cc(O)cc(O)c1C(=O)N1CC2CNNC2C1. The standard InChI is InChI=1S/C23H23F3N6O4/c1-31-20(8-16(30-31)12-2-4-15(5-3-12)36-23(24,25)26)28-17-6-14(33)7-19(34)21(17)22(35)32-10-13-9-27-29-18(13)11-32/h2-8,13,18,27-29,33-34H,9-11H2,1H3. The zero-order valence-corrected chi connectivity index (χ0v) is 19.0. The van der Waals surface area contributed by atoms with E-state index in [1.165, 1.54) is 35.0 Å². The first-order valence-corrected chi connectivity index (χ1v) is 11.1. The van der Waals surface area contributed by atoms with E-state index >= 15 is 0 Å². The summed E-state index contributed by atoms with van der Waals surface area (Å²) in [5.74, 6) is -0.655. The summed E-state index contributed by atoms with van der Waals surface area (Å²) < 4.78 is 42.6. The number of nitrogens with zero attached hydrogens (tertiary/aromatic N) is 3. The number of amides is 1. The highest BCUT2D eigenvalue weighted by Gasteiger charge is 2.39. The molecule has 5 N–H and O–H groups in total. The number of nitrogens with one attached hydrogen (secondary N) is 3. The van der Waals surface area contributed by atoms with Crippen LogP contribution in [0.1, 0.15) is 10.4 Å². The Labute approximate surface area is 203 Å². The molecule has 2 aliphatic heterocycles. The maximum absolute atomic E-state index is 13.3. The van der Waals surface area contributed by atoms with Crippen LogP contribution in [0.15, 0.2) is 42.5 Å². The molecule has 1 amide bonds. The molecular weight excluding hydrogens is 481 g/mol. The van der Waals surface area contributed by atoms with Crippen molar-refractivity contribution in [3.8, 4) is 28.5 Å². The lowest BCUT2D eigenvalue weighted by atomic mass is 10.1. The summed E-state index contributed by atoms with van der Waals surface area (Å²) in [6, 6.07) is 9.44. The molecule has 0 bridgehead atoms. The van der Waals surface area contributed by atoms with Crippen molar-refractivity contribution in [2.45, 2.75) is 12.4 Å². The Morgan fingerprint density at radius 1 is 1.17 bits per heavy atom. The number of phenolic OH excluding ortho intramolecular Hbond substituents is 2. The van der Waals surface area contributed by atoms with Crippen molar-refractivity contribution in [3.63, 3.8) is 0 Å². The minimum absolute atomic E-state index is 0.0112. The van der Waals surface area contributed by atoms with Gasteiger partial charge in [0.15, 0.2) is 0 Å². The Kier molecular flexibility index (Phi) is 5.88. The van der Waals surface area contributed by atoms with Gasteiger partial charge in [-0.2, -0.15) is 5.10 Å². The number of phenols is 2. The molecule has 10 nitrogen and oxygen atoms in total. The molecule has 0 radical (unpaired) electrons. The second kappa shape index (κ2) is 8.91. The number of aromatic hydroxyl groups is 2. The van der Waals surface area contributed by atoms with Gasteiger partial charge < -0.3 is 25.2 Å². The van der Waals surface area contributed by atoms with Crippen LogP contribution in [0.4, 0.5) is 24.7 Å². The Hall–Kier alpha value is -3.97. The number of fused-ring (bicyclic) bond motifs is 1. The van der Waals surface area contributed by atoms with Crippen LogP contribution in [-0.4, -0.2) is 62.8 Å². The highest BCUT2D eigenvalue weighted by atomic mass is 19.4. The molecule has 2 fully saturated rings. The lowest BCUT2D eigenvalue weighted by molar-refractivity contribution is -0.274. The van der Waals surface area contributed by atoms with Gasteiger partial charge >= 0.3 is 6.36 Å². The van der Waals surface area contributed by atoms with Crippen molar-refractivity contribution in [1.29, 1.82) is 0 Å². The predicted molar refractivity (Wildman–Crippen MR) is 123 cm³/mol. The molecule has 5 rings (SSSR count). The summed E-state index contributed by atoms with van der Waals surface area (Å²) in [5.41, 5.74) is 7.38. The topological polar surface area (TPSA) is 124 Å². The van der Waals surface area contributed by atoms with Gasteiger partial charge in [0.2, 0.25) is 0 Å². The largest absolute Gasteiger partial charge is 0.573 e. The molecule has 2 aliphatic rings. The number of carbonyl (C=O) groups is 1. The van der Waals surface area contributed by atoms with Gasteiger partial charge in [0.1, 0.15) is 28.6 Å². The molecule has 3 heterocycles. The number of benzene rings is 2. The molecule has 2 saturated heterocycles. The summed E-state index contributed by atoms with van der Waals surface area (Å²) >= 11 is 0. The smallest absolute Gasteiger partial charge is 0.508 e. The Morgan fingerprint density at radius 3 is 2.61 bits per heavy atom. The third kappa shape index (κ3) is 4.75. The van der Waals surface area contributed by atoms with Gasteiger partial charge in [-0.3, -0.25) is 20.3 Å². The third-order valence-corrected chi connectivity index (χ3v) is 6.22. The van der Waals surface area contributed by atoms with Gasteiger partial charge in [0, 0.05) is 62.4 Å². The zero-order chi connectivity index (χ0) is 25.6.